The van der Waals surface area contributed by atoms with Gasteiger partial charge in [-0.1, -0.05) is 31.9 Å². The molecule has 4 aromatic carbocycles. The van der Waals surface area contributed by atoms with Crippen LogP contribution in [0.1, 0.15) is 37.3 Å². The Labute approximate surface area is 207 Å². The van der Waals surface area contributed by atoms with Crippen LogP contribution in [0.5, 0.6) is 5.75 Å². The molecule has 0 spiro atoms. The van der Waals surface area contributed by atoms with Crippen LogP contribution < -0.4 is 4.74 Å². The minimum Gasteiger partial charge on any atom is -0.429 e. The molecule has 0 aliphatic heterocycles. The zero-order valence-corrected chi connectivity index (χ0v) is 19.5. The summed E-state index contributed by atoms with van der Waals surface area (Å²) in [6, 6.07) is 8.33. The fourth-order valence-corrected chi connectivity index (χ4v) is 4.08. The monoisotopic (exact) mass is 524 g/mol. The number of ether oxygens (including phenoxy) is 1. The van der Waals surface area contributed by atoms with E-state index in [4.69, 9.17) is 0 Å². The molecule has 37 heavy (non-hydrogen) atoms. The maximum absolute atomic E-state index is 14.8. The number of aryl methyl sites for hydroxylation is 1. The lowest BCUT2D eigenvalue weighted by molar-refractivity contribution is -0.189. The first-order valence-corrected chi connectivity index (χ1v) is 11.4. The van der Waals surface area contributed by atoms with Crippen molar-refractivity contribution in [2.45, 2.75) is 38.7 Å². The highest BCUT2D eigenvalue weighted by Crippen LogP contribution is 2.38. The number of rotatable bonds is 8. The fourth-order valence-electron chi connectivity index (χ4n) is 4.08. The second kappa shape index (κ2) is 10.4. The van der Waals surface area contributed by atoms with Gasteiger partial charge in [0.2, 0.25) is 0 Å². The summed E-state index contributed by atoms with van der Waals surface area (Å²) in [4.78, 5) is 0. The molecule has 0 fully saturated rings. The highest BCUT2D eigenvalue weighted by molar-refractivity contribution is 5.84. The van der Waals surface area contributed by atoms with E-state index in [9.17, 15) is 35.1 Å². The first-order valence-electron chi connectivity index (χ1n) is 11.4. The summed E-state index contributed by atoms with van der Waals surface area (Å²) in [5.74, 6) is -9.63. The molecule has 0 aromatic heterocycles. The topological polar surface area (TPSA) is 9.23 Å². The summed E-state index contributed by atoms with van der Waals surface area (Å²) < 4.78 is 119. The van der Waals surface area contributed by atoms with Gasteiger partial charge in [-0.25, -0.2) is 26.3 Å². The van der Waals surface area contributed by atoms with E-state index in [1.165, 1.54) is 12.1 Å². The minimum atomic E-state index is -4.56. The number of fused-ring (bicyclic) bond motifs is 1. The van der Waals surface area contributed by atoms with E-state index in [0.717, 1.165) is 37.5 Å². The van der Waals surface area contributed by atoms with Crippen molar-refractivity contribution >= 4 is 10.8 Å². The van der Waals surface area contributed by atoms with E-state index in [-0.39, 0.29) is 16.5 Å². The molecule has 9 heteroatoms. The molecule has 1 nitrogen and oxygen atoms in total. The molecule has 0 atom stereocenters. The number of halogens is 8. The van der Waals surface area contributed by atoms with Crippen molar-refractivity contribution in [2.75, 3.05) is 0 Å². The number of unbranched alkanes of at least 4 members (excludes halogenated alkanes) is 2. The van der Waals surface area contributed by atoms with Gasteiger partial charge < -0.3 is 4.74 Å². The molecule has 0 aliphatic carbocycles. The van der Waals surface area contributed by atoms with E-state index in [1.807, 2.05) is 6.92 Å². The average Bonchev–Trinajstić information content (AvgIpc) is 2.82. The number of alkyl halides is 2. The lowest BCUT2D eigenvalue weighted by atomic mass is 9.99. The summed E-state index contributed by atoms with van der Waals surface area (Å²) in [6.07, 6.45) is -1.14. The standard InChI is InChI=1S/C28H20F8O/c1-2-3-4-5-15-6-8-19(21(29)10-15)17-12-22(30)25(23(31)13-17)28(35,36)37-18-7-9-20-16(11-18)14-24(32)27(34)26(20)33/h6-14H,2-5H2,1H3. The van der Waals surface area contributed by atoms with Gasteiger partial charge in [0.15, 0.2) is 17.5 Å². The Morgan fingerprint density at radius 1 is 0.703 bits per heavy atom. The van der Waals surface area contributed by atoms with Crippen LogP contribution >= 0.6 is 0 Å². The van der Waals surface area contributed by atoms with Crippen molar-refractivity contribution in [1.82, 2.24) is 0 Å². The van der Waals surface area contributed by atoms with Crippen molar-refractivity contribution in [3.63, 3.8) is 0 Å². The summed E-state index contributed by atoms with van der Waals surface area (Å²) in [5.41, 5.74) is -1.49. The fraction of sp³-hybridized carbons (Fsp3) is 0.214. The quantitative estimate of drug-likeness (QED) is 0.127. The second-order valence-electron chi connectivity index (χ2n) is 8.57. The predicted octanol–water partition coefficient (Wildman–Crippen LogP) is 9.20. The number of hydrogen-bond acceptors (Lipinski definition) is 1. The number of hydrogen-bond donors (Lipinski definition) is 0. The number of benzene rings is 4. The van der Waals surface area contributed by atoms with Crippen LogP contribution in [0.15, 0.2) is 54.6 Å². The maximum atomic E-state index is 14.8. The smallest absolute Gasteiger partial charge is 0.429 e. The molecular formula is C28H20F8O. The first-order chi connectivity index (χ1) is 17.5. The maximum Gasteiger partial charge on any atom is 0.432 e. The molecule has 0 aliphatic rings. The molecule has 0 saturated carbocycles. The molecule has 0 heterocycles. The third-order valence-electron chi connectivity index (χ3n) is 5.94. The van der Waals surface area contributed by atoms with E-state index in [0.29, 0.717) is 30.2 Å². The third-order valence-corrected chi connectivity index (χ3v) is 5.94. The second-order valence-corrected chi connectivity index (χ2v) is 8.57. The van der Waals surface area contributed by atoms with Gasteiger partial charge in [0, 0.05) is 10.9 Å². The summed E-state index contributed by atoms with van der Waals surface area (Å²) in [7, 11) is 0. The largest absolute Gasteiger partial charge is 0.432 e. The van der Waals surface area contributed by atoms with Gasteiger partial charge in [-0.2, -0.15) is 8.78 Å². The molecular weight excluding hydrogens is 504 g/mol. The van der Waals surface area contributed by atoms with E-state index in [2.05, 4.69) is 4.74 Å². The van der Waals surface area contributed by atoms with Crippen molar-refractivity contribution in [3.05, 3.63) is 101 Å². The van der Waals surface area contributed by atoms with Crippen LogP contribution in [0.3, 0.4) is 0 Å². The predicted molar refractivity (Wildman–Crippen MR) is 123 cm³/mol. The van der Waals surface area contributed by atoms with Gasteiger partial charge in [-0.15, -0.1) is 0 Å². The normalized spacial score (nSPS) is 11.8. The van der Waals surface area contributed by atoms with E-state index in [1.54, 1.807) is 6.07 Å². The van der Waals surface area contributed by atoms with Crippen LogP contribution in [0.25, 0.3) is 21.9 Å². The van der Waals surface area contributed by atoms with Crippen LogP contribution in [-0.2, 0) is 12.5 Å². The van der Waals surface area contributed by atoms with Gasteiger partial charge in [-0.3, -0.25) is 0 Å². The Hall–Kier alpha value is -3.62. The Morgan fingerprint density at radius 3 is 2.05 bits per heavy atom. The van der Waals surface area contributed by atoms with Gasteiger partial charge in [0.1, 0.15) is 28.8 Å². The Bertz CT molecular complexity index is 1440. The highest BCUT2D eigenvalue weighted by Gasteiger charge is 2.41. The van der Waals surface area contributed by atoms with Crippen molar-refractivity contribution in [2.24, 2.45) is 0 Å². The third kappa shape index (κ3) is 5.40. The molecule has 4 aromatic rings. The SMILES string of the molecule is CCCCCc1ccc(-c2cc(F)c(C(F)(F)Oc3ccc4c(F)c(F)c(F)cc4c3)c(F)c2)c(F)c1. The molecule has 0 bridgehead atoms. The summed E-state index contributed by atoms with van der Waals surface area (Å²) in [6.45, 7) is 2.03. The highest BCUT2D eigenvalue weighted by atomic mass is 19.3. The molecule has 0 N–H and O–H groups in total. The molecule has 0 radical (unpaired) electrons. The van der Waals surface area contributed by atoms with Crippen molar-refractivity contribution in [3.8, 4) is 16.9 Å². The van der Waals surface area contributed by atoms with Crippen LogP contribution in [-0.4, -0.2) is 0 Å². The Kier molecular flexibility index (Phi) is 7.43. The van der Waals surface area contributed by atoms with Gasteiger partial charge in [-0.05, 0) is 71.8 Å². The Morgan fingerprint density at radius 2 is 1.41 bits per heavy atom. The average molecular weight is 524 g/mol. The molecule has 0 unspecified atom stereocenters. The van der Waals surface area contributed by atoms with Gasteiger partial charge >= 0.3 is 6.11 Å². The van der Waals surface area contributed by atoms with E-state index < -0.39 is 57.7 Å². The molecule has 0 saturated heterocycles. The van der Waals surface area contributed by atoms with Crippen LogP contribution in [0.2, 0.25) is 0 Å². The van der Waals surface area contributed by atoms with Crippen molar-refractivity contribution < 1.29 is 39.9 Å². The van der Waals surface area contributed by atoms with Gasteiger partial charge in [0.25, 0.3) is 0 Å². The first kappa shape index (κ1) is 26.4. The summed E-state index contributed by atoms with van der Waals surface area (Å²) >= 11 is 0. The Balaban J connectivity index is 1.63. The lowest BCUT2D eigenvalue weighted by Crippen LogP contribution is -2.25. The molecule has 4 rings (SSSR count). The zero-order valence-electron chi connectivity index (χ0n) is 19.5. The van der Waals surface area contributed by atoms with E-state index >= 15 is 0 Å². The van der Waals surface area contributed by atoms with Crippen LogP contribution in [0, 0.1) is 34.9 Å². The van der Waals surface area contributed by atoms with Crippen LogP contribution in [0.4, 0.5) is 35.1 Å². The lowest BCUT2D eigenvalue weighted by Gasteiger charge is -2.20. The minimum absolute atomic E-state index is 0.168. The van der Waals surface area contributed by atoms with Crippen molar-refractivity contribution in [1.29, 1.82) is 0 Å². The zero-order chi connectivity index (χ0) is 26.9. The summed E-state index contributed by atoms with van der Waals surface area (Å²) in [5, 5.41) is -0.718. The van der Waals surface area contributed by atoms with Gasteiger partial charge in [0.05, 0.1) is 0 Å². The molecule has 0 amide bonds. The molecule has 194 valence electrons.